The van der Waals surface area contributed by atoms with Gasteiger partial charge in [-0.15, -0.1) is 5.10 Å². The smallest absolute Gasteiger partial charge is 0.362 e. The molecule has 1 aliphatic heterocycles. The summed E-state index contributed by atoms with van der Waals surface area (Å²) in [5.41, 5.74) is 2.28. The molecule has 17 nitrogen and oxygen atoms in total. The number of aromatic nitrogens is 4. The summed E-state index contributed by atoms with van der Waals surface area (Å²) in [6, 6.07) is 3.71. The van der Waals surface area contributed by atoms with E-state index in [0.717, 1.165) is 11.8 Å². The molecule has 2 amide bonds. The maximum atomic E-state index is 12.4. The average Bonchev–Trinajstić information content (AvgIpc) is 3.19. The Labute approximate surface area is 200 Å². The van der Waals surface area contributed by atoms with E-state index < -0.39 is 51.6 Å². The molecular weight excluding hydrogens is 514 g/mol. The van der Waals surface area contributed by atoms with Crippen LogP contribution in [0.3, 0.4) is 0 Å². The zero-order valence-corrected chi connectivity index (χ0v) is 19.3. The van der Waals surface area contributed by atoms with Gasteiger partial charge >= 0.3 is 16.3 Å². The first-order valence-electron chi connectivity index (χ1n) is 9.45. The quantitative estimate of drug-likeness (QED) is 0.0649. The SMILES string of the molecule is Cn1nnnc1SCC(=O)OCC1C(C(=O)NOCc2ccc([N+](=O)[O-])cc2)C(=O)N1S(=O)(=O)O. The molecule has 1 aliphatic rings. The minimum Gasteiger partial charge on any atom is -0.463 e. The Kier molecular flexibility index (Phi) is 7.94. The summed E-state index contributed by atoms with van der Waals surface area (Å²) in [5, 5.41) is 21.6. The predicted molar refractivity (Wildman–Crippen MR) is 112 cm³/mol. The maximum absolute atomic E-state index is 12.4. The lowest BCUT2D eigenvalue weighted by Crippen LogP contribution is -2.68. The van der Waals surface area contributed by atoms with E-state index in [2.05, 4.69) is 15.5 Å². The monoisotopic (exact) mass is 531 g/mol. The second-order valence-corrected chi connectivity index (χ2v) is 9.12. The van der Waals surface area contributed by atoms with Gasteiger partial charge in [-0.3, -0.25) is 33.9 Å². The normalized spacial score (nSPS) is 17.5. The number of rotatable bonds is 11. The lowest BCUT2D eigenvalue weighted by molar-refractivity contribution is -0.384. The maximum Gasteiger partial charge on any atom is 0.362 e. The molecule has 0 saturated carbocycles. The molecule has 1 saturated heterocycles. The van der Waals surface area contributed by atoms with Crippen LogP contribution in [0.2, 0.25) is 0 Å². The minimum atomic E-state index is -5.03. The molecule has 1 fully saturated rings. The number of nitrogens with zero attached hydrogens (tertiary/aromatic N) is 6. The zero-order valence-electron chi connectivity index (χ0n) is 17.7. The number of benzene rings is 1. The third kappa shape index (κ3) is 6.26. The number of carbonyl (C=O) groups is 3. The number of amides is 2. The first-order chi connectivity index (χ1) is 16.5. The van der Waals surface area contributed by atoms with Crippen LogP contribution in [0.5, 0.6) is 0 Å². The van der Waals surface area contributed by atoms with Crippen LogP contribution in [0, 0.1) is 16.0 Å². The summed E-state index contributed by atoms with van der Waals surface area (Å²) in [7, 11) is -3.48. The molecule has 35 heavy (non-hydrogen) atoms. The van der Waals surface area contributed by atoms with Crippen molar-refractivity contribution in [3.05, 3.63) is 39.9 Å². The fraction of sp³-hybridized carbons (Fsp3) is 0.375. The summed E-state index contributed by atoms with van der Waals surface area (Å²) >= 11 is 0.932. The van der Waals surface area contributed by atoms with Crippen molar-refractivity contribution in [2.24, 2.45) is 13.0 Å². The van der Waals surface area contributed by atoms with Crippen molar-refractivity contribution in [1.29, 1.82) is 0 Å². The largest absolute Gasteiger partial charge is 0.463 e. The Bertz CT molecular complexity index is 1230. The number of non-ortho nitro benzene ring substituents is 1. The number of hydrogen-bond acceptors (Lipinski definition) is 13. The van der Waals surface area contributed by atoms with E-state index in [9.17, 15) is 37.5 Å². The Morgan fingerprint density at radius 2 is 2.00 bits per heavy atom. The highest BCUT2D eigenvalue weighted by molar-refractivity contribution is 7.99. The summed E-state index contributed by atoms with van der Waals surface area (Å²) in [4.78, 5) is 51.7. The van der Waals surface area contributed by atoms with Crippen LogP contribution in [0.15, 0.2) is 29.4 Å². The van der Waals surface area contributed by atoms with E-state index in [1.807, 2.05) is 5.48 Å². The Balaban J connectivity index is 1.55. The van der Waals surface area contributed by atoms with Crippen LogP contribution in [0.1, 0.15) is 5.56 Å². The van der Waals surface area contributed by atoms with Gasteiger partial charge in [0.1, 0.15) is 18.6 Å². The number of β-lactam (4-membered cyclic amide) rings is 1. The van der Waals surface area contributed by atoms with Crippen LogP contribution < -0.4 is 5.48 Å². The number of nitrogens with one attached hydrogen (secondary N) is 1. The third-order valence-electron chi connectivity index (χ3n) is 4.57. The van der Waals surface area contributed by atoms with Crippen molar-refractivity contribution in [3.8, 4) is 0 Å². The lowest BCUT2D eigenvalue weighted by atomic mass is 9.90. The van der Waals surface area contributed by atoms with E-state index in [1.165, 1.54) is 28.9 Å². The van der Waals surface area contributed by atoms with Gasteiger partial charge in [0.05, 0.1) is 17.3 Å². The molecule has 2 aromatic rings. The van der Waals surface area contributed by atoms with E-state index >= 15 is 0 Å². The Hall–Kier alpha value is -3.68. The molecule has 2 heterocycles. The van der Waals surface area contributed by atoms with Gasteiger partial charge in [-0.1, -0.05) is 11.8 Å². The van der Waals surface area contributed by atoms with Gasteiger partial charge < -0.3 is 4.74 Å². The standard InChI is InChI=1S/C16H17N7O10S2/c1-21-16(17-19-20-21)34-8-12(24)32-7-11-13(15(26)22(11)35(29,30)31)14(25)18-33-6-9-2-4-10(5-3-9)23(27)28/h2-5,11,13H,6-8H2,1H3,(H,18,25)(H,29,30,31). The summed E-state index contributed by atoms with van der Waals surface area (Å²) in [6.07, 6.45) is 0. The van der Waals surface area contributed by atoms with E-state index in [-0.39, 0.29) is 22.4 Å². The molecule has 3 rings (SSSR count). The van der Waals surface area contributed by atoms with Crippen LogP contribution in [-0.4, -0.2) is 78.6 Å². The topological polar surface area (TPSA) is 226 Å². The zero-order chi connectivity index (χ0) is 25.8. The molecule has 2 unspecified atom stereocenters. The second kappa shape index (κ2) is 10.7. The average molecular weight is 531 g/mol. The van der Waals surface area contributed by atoms with Crippen molar-refractivity contribution in [3.63, 3.8) is 0 Å². The lowest BCUT2D eigenvalue weighted by Gasteiger charge is -2.42. The van der Waals surface area contributed by atoms with Crippen LogP contribution in [0.25, 0.3) is 0 Å². The minimum absolute atomic E-state index is 0.0284. The van der Waals surface area contributed by atoms with Crippen molar-refractivity contribution in [1.82, 2.24) is 30.0 Å². The number of hydrogen-bond donors (Lipinski definition) is 2. The Morgan fingerprint density at radius 3 is 2.57 bits per heavy atom. The summed E-state index contributed by atoms with van der Waals surface area (Å²) in [6.45, 7) is -0.928. The number of aryl methyl sites for hydroxylation is 1. The first kappa shape index (κ1) is 25.9. The number of nitro groups is 1. The first-order valence-corrected chi connectivity index (χ1v) is 11.8. The number of tetrazole rings is 1. The van der Waals surface area contributed by atoms with Crippen LogP contribution >= 0.6 is 11.8 Å². The van der Waals surface area contributed by atoms with Gasteiger partial charge in [-0.2, -0.15) is 8.42 Å². The van der Waals surface area contributed by atoms with Crippen molar-refractivity contribution in [2.45, 2.75) is 17.8 Å². The highest BCUT2D eigenvalue weighted by Gasteiger charge is 2.57. The fourth-order valence-electron chi connectivity index (χ4n) is 2.91. The molecule has 1 aromatic carbocycles. The van der Waals surface area contributed by atoms with E-state index in [0.29, 0.717) is 10.7 Å². The number of ether oxygens (including phenoxy) is 1. The molecule has 0 bridgehead atoms. The summed E-state index contributed by atoms with van der Waals surface area (Å²) in [5.74, 6) is -4.99. The number of nitro benzene ring substituents is 1. The Morgan fingerprint density at radius 1 is 1.31 bits per heavy atom. The predicted octanol–water partition coefficient (Wildman–Crippen LogP) is -1.37. The molecule has 0 aliphatic carbocycles. The van der Waals surface area contributed by atoms with Gasteiger partial charge in [-0.05, 0) is 28.1 Å². The summed E-state index contributed by atoms with van der Waals surface area (Å²) < 4.78 is 38.6. The molecule has 188 valence electrons. The van der Waals surface area contributed by atoms with E-state index in [4.69, 9.17) is 9.57 Å². The highest BCUT2D eigenvalue weighted by Crippen LogP contribution is 2.30. The van der Waals surface area contributed by atoms with Gasteiger partial charge in [0.2, 0.25) is 5.16 Å². The van der Waals surface area contributed by atoms with Crippen molar-refractivity contribution < 1.29 is 41.9 Å². The molecule has 19 heteroatoms. The van der Waals surface area contributed by atoms with Crippen molar-refractivity contribution in [2.75, 3.05) is 12.4 Å². The van der Waals surface area contributed by atoms with Gasteiger partial charge in [0.25, 0.3) is 17.5 Å². The highest BCUT2D eigenvalue weighted by atomic mass is 32.2. The molecule has 0 spiro atoms. The fourth-order valence-corrected chi connectivity index (χ4v) is 4.42. The van der Waals surface area contributed by atoms with Crippen molar-refractivity contribution >= 4 is 45.5 Å². The number of hydroxylamine groups is 1. The molecule has 1 aromatic heterocycles. The number of carbonyl (C=O) groups excluding carboxylic acids is 3. The molecular formula is C16H17N7O10S2. The molecule has 2 atom stereocenters. The number of esters is 1. The molecule has 0 radical (unpaired) electrons. The molecule has 2 N–H and O–H groups in total. The van der Waals surface area contributed by atoms with Crippen LogP contribution in [-0.2, 0) is 47.9 Å². The van der Waals surface area contributed by atoms with Gasteiger partial charge in [-0.25, -0.2) is 14.5 Å². The van der Waals surface area contributed by atoms with Gasteiger partial charge in [0, 0.05) is 19.2 Å². The van der Waals surface area contributed by atoms with Crippen LogP contribution in [0.4, 0.5) is 5.69 Å². The third-order valence-corrected chi connectivity index (χ3v) is 6.51. The van der Waals surface area contributed by atoms with Gasteiger partial charge in [0.15, 0.2) is 0 Å². The second-order valence-electron chi connectivity index (χ2n) is 6.89. The van der Waals surface area contributed by atoms with E-state index in [1.54, 1.807) is 7.05 Å². The number of thioether (sulfide) groups is 1.